The second kappa shape index (κ2) is 39.8. The highest BCUT2D eigenvalue weighted by atomic mass is 16.2. The van der Waals surface area contributed by atoms with Gasteiger partial charge in [-0.25, -0.2) is 0 Å². The van der Waals surface area contributed by atoms with Crippen LogP contribution in [0.25, 0.3) is 38.4 Å². The average molecular weight is 1690 g/mol. The normalized spacial score (nSPS) is 17.4. The van der Waals surface area contributed by atoms with Gasteiger partial charge in [0.2, 0.25) is 41.4 Å². The first-order chi connectivity index (χ1) is 58.4. The zero-order valence-corrected chi connectivity index (χ0v) is 73.9. The van der Waals surface area contributed by atoms with E-state index in [1.54, 1.807) is 43.3 Å². The first-order valence-electron chi connectivity index (χ1n) is 41.9. The lowest BCUT2D eigenvalue weighted by Crippen LogP contribution is -2.44. The summed E-state index contributed by atoms with van der Waals surface area (Å²) >= 11 is 0. The van der Waals surface area contributed by atoms with Crippen LogP contribution in [0.3, 0.4) is 0 Å². The van der Waals surface area contributed by atoms with Gasteiger partial charge in [0, 0.05) is 143 Å². The minimum atomic E-state index is -0.218. The first-order valence-corrected chi connectivity index (χ1v) is 41.9. The first kappa shape index (κ1) is 94.6. The van der Waals surface area contributed by atoms with Gasteiger partial charge in [0.05, 0.1) is 28.7 Å². The van der Waals surface area contributed by atoms with E-state index in [0.717, 1.165) is 50.7 Å². The number of likely N-dealkylation sites (tertiary alicyclic amines) is 4. The fourth-order valence-corrected chi connectivity index (χ4v) is 15.9. The number of hydrogen-bond acceptors (Lipinski definition) is 18. The fourth-order valence-electron chi connectivity index (χ4n) is 15.9. The molecule has 4 saturated heterocycles. The molecule has 0 spiro atoms. The molecular formula is C97H109N9O18. The Hall–Kier alpha value is -13.2. The number of nitrogens with zero attached hydrogens (tertiary/aromatic N) is 9. The second-order valence-electron chi connectivity index (χ2n) is 33.7. The van der Waals surface area contributed by atoms with Crippen LogP contribution in [0.5, 0.6) is 0 Å². The van der Waals surface area contributed by atoms with E-state index in [1.807, 2.05) is 210 Å². The van der Waals surface area contributed by atoms with Crippen LogP contribution >= 0.6 is 0 Å². The van der Waals surface area contributed by atoms with Crippen LogP contribution in [0.2, 0.25) is 0 Å². The second-order valence-corrected chi connectivity index (χ2v) is 33.7. The van der Waals surface area contributed by atoms with Crippen molar-refractivity contribution in [3.05, 3.63) is 207 Å². The molecule has 1 atom stereocenters. The summed E-state index contributed by atoms with van der Waals surface area (Å²) in [6, 6.07) is 36.7. The van der Waals surface area contributed by atoms with Crippen LogP contribution in [0.15, 0.2) is 152 Å². The van der Waals surface area contributed by atoms with Crippen molar-refractivity contribution in [3.63, 3.8) is 0 Å². The van der Waals surface area contributed by atoms with E-state index in [-0.39, 0.29) is 173 Å². The lowest BCUT2D eigenvalue weighted by atomic mass is 9.85. The van der Waals surface area contributed by atoms with Gasteiger partial charge in [-0.1, -0.05) is 98.5 Å². The molecule has 9 aliphatic heterocycles. The minimum Gasteiger partial charge on any atom is -0.280 e. The van der Waals surface area contributed by atoms with Gasteiger partial charge in [-0.2, -0.15) is 0 Å². The molecule has 1 unspecified atom stereocenters. The molecule has 7 aromatic rings. The predicted molar refractivity (Wildman–Crippen MR) is 468 cm³/mol. The van der Waals surface area contributed by atoms with Gasteiger partial charge >= 0.3 is 0 Å². The largest absolute Gasteiger partial charge is 0.280 e. The number of benzene rings is 7. The minimum absolute atomic E-state index is 0.0138. The molecule has 0 aromatic heterocycles. The lowest BCUT2D eigenvalue weighted by molar-refractivity contribution is -0.150. The Balaban J connectivity index is 0.000000160. The molecule has 10 aliphatic rings. The smallest absolute Gasteiger partial charge is 0.261 e. The Morgan fingerprint density at radius 2 is 0.629 bits per heavy atom. The lowest BCUT2D eigenvalue weighted by Gasteiger charge is -2.31. The number of carbonyl (C=O) groups excluding carboxylic acids is 18. The van der Waals surface area contributed by atoms with Crippen molar-refractivity contribution in [2.24, 2.45) is 5.92 Å². The van der Waals surface area contributed by atoms with Crippen molar-refractivity contribution in [2.45, 2.75) is 237 Å². The van der Waals surface area contributed by atoms with Crippen molar-refractivity contribution in [1.29, 1.82) is 0 Å². The third kappa shape index (κ3) is 19.8. The zero-order chi connectivity index (χ0) is 91.8. The van der Waals surface area contributed by atoms with E-state index in [9.17, 15) is 86.3 Å². The summed E-state index contributed by atoms with van der Waals surface area (Å²) in [5.41, 5.74) is 7.30. The Morgan fingerprint density at radius 3 is 0.960 bits per heavy atom. The highest BCUT2D eigenvalue weighted by Gasteiger charge is 2.42. The maximum atomic E-state index is 12.7. The third-order valence-corrected chi connectivity index (χ3v) is 21.7. The molecule has 0 bridgehead atoms. The van der Waals surface area contributed by atoms with Crippen molar-refractivity contribution in [1.82, 2.24) is 44.1 Å². The molecule has 27 nitrogen and oxygen atoms in total. The molecule has 4 fully saturated rings. The molecule has 0 saturated carbocycles. The summed E-state index contributed by atoms with van der Waals surface area (Å²) in [4.78, 5) is 220. The van der Waals surface area contributed by atoms with Crippen molar-refractivity contribution in [3.8, 4) is 0 Å². The Morgan fingerprint density at radius 1 is 0.290 bits per heavy atom. The standard InChI is InChI=1S/C18H15NO2.2C15H13NO2.C11H11NO2.C8H13NO2.C8H11NO2.C8H13NO2.C7H11NO2.C7H9NO2/c1-10(2)19-17(20)13-8-6-11-4-3-5-12-7-9-14(18(19)21)16(13)15(11)12;1-9(2)16-14(17)11-7-3-5-10-6-4-8-12(13(10)11)15(16)18;1-9(2)16-14(17)12-7-10-5-3-4-6-11(10)8-13(12)15(16)18;1-7(2)12-10(13)8-5-3-4-6-9(8)11(12)14;2*1-5(2)9-7(10)4-6(3)8(9)11;1-6(2)9-7(10)4-3-5-8(9)11;2*1-5(2)8-6(9)3-4-7(8)10/h3-4,6-10H,5H2,1-2H3;2*3-9H,1-2H3;3-7H,1-2H3;5-6H,4H2,1-3H3;5H,3-4H2,1-2H3;6H,3-5H2,1-2H3;5H,3-4H2,1-2H3;3-5H,1-2H3. The predicted octanol–water partition coefficient (Wildman–Crippen LogP) is 14.1. The summed E-state index contributed by atoms with van der Waals surface area (Å²) in [5, 5.41) is 5.60. The van der Waals surface area contributed by atoms with Crippen LogP contribution in [0.4, 0.5) is 0 Å². The zero-order valence-electron chi connectivity index (χ0n) is 73.9. The van der Waals surface area contributed by atoms with Gasteiger partial charge in [-0.05, 0) is 219 Å². The summed E-state index contributed by atoms with van der Waals surface area (Å²) < 4.78 is 0. The molecule has 1 aliphatic carbocycles. The van der Waals surface area contributed by atoms with Crippen LogP contribution in [-0.2, 0) is 54.4 Å². The summed E-state index contributed by atoms with van der Waals surface area (Å²) in [5.74, 6) is -2.49. The molecule has 17 rings (SSSR count). The number of imide groups is 9. The van der Waals surface area contributed by atoms with Gasteiger partial charge in [0.15, 0.2) is 0 Å². The molecule has 9 heterocycles. The maximum absolute atomic E-state index is 12.7. The number of fused-ring (bicyclic) bond motifs is 3. The number of allylic oxidation sites excluding steroid dienone is 1. The van der Waals surface area contributed by atoms with Gasteiger partial charge in [-0.15, -0.1) is 0 Å². The highest BCUT2D eigenvalue weighted by molar-refractivity contribution is 6.28. The van der Waals surface area contributed by atoms with Crippen molar-refractivity contribution in [2.75, 3.05) is 0 Å². The van der Waals surface area contributed by atoms with Crippen molar-refractivity contribution < 1.29 is 86.3 Å². The Labute approximate surface area is 722 Å². The molecule has 27 heteroatoms. The molecule has 0 N–H and O–H groups in total. The van der Waals surface area contributed by atoms with Crippen LogP contribution in [0.1, 0.15) is 270 Å². The average Bonchev–Trinajstić information content (AvgIpc) is 1.17. The number of amides is 18. The Kier molecular flexibility index (Phi) is 30.3. The van der Waals surface area contributed by atoms with E-state index in [0.29, 0.717) is 82.2 Å². The number of carbonyl (C=O) groups is 18. The van der Waals surface area contributed by atoms with E-state index in [2.05, 4.69) is 18.7 Å². The summed E-state index contributed by atoms with van der Waals surface area (Å²) in [6.45, 7) is 38.5. The van der Waals surface area contributed by atoms with E-state index >= 15 is 0 Å². The van der Waals surface area contributed by atoms with Crippen LogP contribution in [-0.4, -0.2) is 205 Å². The topological polar surface area (TPSA) is 336 Å². The van der Waals surface area contributed by atoms with Gasteiger partial charge in [0.25, 0.3) is 65.0 Å². The fraction of sp³-hybridized carbons (Fsp3) is 0.381. The summed E-state index contributed by atoms with van der Waals surface area (Å²) in [6.07, 6.45) is 10.8. The van der Waals surface area contributed by atoms with Crippen molar-refractivity contribution >= 4 is 145 Å². The maximum Gasteiger partial charge on any atom is 0.261 e. The quantitative estimate of drug-likeness (QED) is 0.0957. The van der Waals surface area contributed by atoms with E-state index in [4.69, 9.17) is 0 Å². The number of rotatable bonds is 9. The van der Waals surface area contributed by atoms with Crippen LogP contribution in [0, 0.1) is 5.92 Å². The monoisotopic (exact) mass is 1690 g/mol. The molecule has 18 amide bonds. The summed E-state index contributed by atoms with van der Waals surface area (Å²) in [7, 11) is 0. The Bertz CT molecular complexity index is 5410. The highest BCUT2D eigenvalue weighted by Crippen LogP contribution is 2.39. The van der Waals surface area contributed by atoms with Gasteiger partial charge in [-0.3, -0.25) is 130 Å². The number of piperidine rings is 1. The molecular weight excluding hydrogens is 1580 g/mol. The SMILES string of the molecule is C=C1CC(=O)N(C(C)C)C1=O.CC(C)N1C(=O)C=CC1=O.CC(C)N1C(=O)CCC1=O.CC(C)N1C(=O)CCCC1=O.CC(C)N1C(=O)c2cc3ccccc3cc2C1=O.CC(C)N1C(=O)c2ccc3c4c(ccc(c24)C1=O)CC=C3.CC(C)N1C(=O)c2cccc3cccc(c23)C1=O.CC(C)N1C(=O)c2ccccc2C1=O.CC1CC(=O)N(C(C)C)C1=O. The molecule has 7 aromatic carbocycles. The molecule has 0 radical (unpaired) electrons. The molecule has 124 heavy (non-hydrogen) atoms. The van der Waals surface area contributed by atoms with Crippen LogP contribution < -0.4 is 0 Å². The number of hydrogen-bond donors (Lipinski definition) is 0. The third-order valence-electron chi connectivity index (χ3n) is 21.7. The van der Waals surface area contributed by atoms with E-state index in [1.165, 1.54) is 61.8 Å². The van der Waals surface area contributed by atoms with E-state index < -0.39 is 0 Å². The van der Waals surface area contributed by atoms with Gasteiger partial charge < -0.3 is 0 Å². The van der Waals surface area contributed by atoms with Gasteiger partial charge in [0.1, 0.15) is 0 Å². The molecule has 650 valence electrons.